The van der Waals surface area contributed by atoms with Gasteiger partial charge in [0.05, 0.1) is 9.72 Å². The minimum Gasteiger partial charge on any atom is -0.375 e. The normalized spacial score (nSPS) is 10.6. The Morgan fingerprint density at radius 1 is 1.55 bits per heavy atom. The summed E-state index contributed by atoms with van der Waals surface area (Å²) in [5.74, 6) is 0. The Labute approximate surface area is 71.8 Å². The zero-order valence-electron chi connectivity index (χ0n) is 5.41. The van der Waals surface area contributed by atoms with Crippen molar-refractivity contribution in [1.82, 2.24) is 9.97 Å². The third-order valence-corrected chi connectivity index (χ3v) is 2.59. The van der Waals surface area contributed by atoms with E-state index in [1.165, 1.54) is 11.3 Å². The molecule has 0 aliphatic rings. The zero-order valence-corrected chi connectivity index (χ0v) is 6.99. The lowest BCUT2D eigenvalue weighted by atomic mass is 10.5. The minimum atomic E-state index is 0.501. The van der Waals surface area contributed by atoms with Crippen molar-refractivity contribution in [2.24, 2.45) is 0 Å². The molecule has 0 aliphatic heterocycles. The van der Waals surface area contributed by atoms with Crippen LogP contribution >= 0.6 is 22.9 Å². The molecule has 0 saturated carbocycles. The second-order valence-electron chi connectivity index (χ2n) is 2.00. The van der Waals surface area contributed by atoms with Crippen molar-refractivity contribution in [2.75, 3.05) is 5.73 Å². The van der Waals surface area contributed by atoms with Gasteiger partial charge in [0, 0.05) is 6.20 Å². The molecule has 0 unspecified atom stereocenters. The lowest BCUT2D eigenvalue weighted by Gasteiger charge is -1.86. The second-order valence-corrected chi connectivity index (χ2v) is 3.44. The summed E-state index contributed by atoms with van der Waals surface area (Å²) >= 11 is 7.20. The summed E-state index contributed by atoms with van der Waals surface area (Å²) in [6, 6.07) is 1.72. The van der Waals surface area contributed by atoms with Crippen LogP contribution in [-0.2, 0) is 0 Å². The lowest BCUT2D eigenvalue weighted by molar-refractivity contribution is 1.33. The first-order valence-corrected chi connectivity index (χ1v) is 4.13. The average Bonchev–Trinajstić information content (AvgIpc) is 2.31. The highest BCUT2D eigenvalue weighted by Crippen LogP contribution is 2.28. The molecule has 0 atom stereocenters. The van der Waals surface area contributed by atoms with Crippen LogP contribution in [0.1, 0.15) is 0 Å². The van der Waals surface area contributed by atoms with Gasteiger partial charge in [-0.3, -0.25) is 0 Å². The van der Waals surface area contributed by atoms with Gasteiger partial charge in [-0.05, 0) is 6.07 Å². The highest BCUT2D eigenvalue weighted by atomic mass is 35.5. The van der Waals surface area contributed by atoms with Crippen molar-refractivity contribution in [2.45, 2.75) is 0 Å². The summed E-state index contributed by atoms with van der Waals surface area (Å²) in [6.07, 6.45) is 1.61. The number of fused-ring (bicyclic) bond motifs is 1. The number of hydrogen-bond donors (Lipinski definition) is 1. The van der Waals surface area contributed by atoms with Crippen molar-refractivity contribution in [3.05, 3.63) is 17.3 Å². The van der Waals surface area contributed by atoms with Crippen LogP contribution in [0.15, 0.2) is 12.3 Å². The number of thiazole rings is 1. The molecule has 0 spiro atoms. The number of aromatic nitrogens is 2. The molecular weight excluding hydrogens is 182 g/mol. The van der Waals surface area contributed by atoms with Gasteiger partial charge in [0.15, 0.2) is 10.8 Å². The molecule has 56 valence electrons. The molecule has 0 amide bonds. The molecule has 2 heterocycles. The Morgan fingerprint density at radius 2 is 2.36 bits per heavy atom. The van der Waals surface area contributed by atoms with E-state index in [2.05, 4.69) is 9.97 Å². The van der Waals surface area contributed by atoms with Crippen molar-refractivity contribution in [3.8, 4) is 0 Å². The molecular formula is C6H4ClN3S. The van der Waals surface area contributed by atoms with E-state index in [4.69, 9.17) is 17.3 Å². The number of pyridine rings is 1. The average molecular weight is 186 g/mol. The standard InChI is InChI=1S/C6H4ClN3S/c7-3-1-2-9-5-4(3)11-6(8)10-5/h1-2H,(H2,8,9,10). The molecule has 5 heteroatoms. The van der Waals surface area contributed by atoms with Gasteiger partial charge in [-0.25, -0.2) is 9.97 Å². The van der Waals surface area contributed by atoms with Gasteiger partial charge < -0.3 is 5.73 Å². The molecule has 2 rings (SSSR count). The number of nitrogens with zero attached hydrogens (tertiary/aromatic N) is 2. The highest BCUT2D eigenvalue weighted by molar-refractivity contribution is 7.22. The van der Waals surface area contributed by atoms with E-state index in [9.17, 15) is 0 Å². The van der Waals surface area contributed by atoms with E-state index in [1.54, 1.807) is 12.3 Å². The van der Waals surface area contributed by atoms with E-state index in [0.717, 1.165) is 4.70 Å². The van der Waals surface area contributed by atoms with Crippen LogP contribution in [0, 0.1) is 0 Å². The molecule has 2 aromatic rings. The van der Waals surface area contributed by atoms with Crippen LogP contribution in [0.5, 0.6) is 0 Å². The van der Waals surface area contributed by atoms with Crippen molar-refractivity contribution < 1.29 is 0 Å². The SMILES string of the molecule is Nc1nc2nccc(Cl)c2s1. The monoisotopic (exact) mass is 185 g/mol. The molecule has 0 bridgehead atoms. The first kappa shape index (κ1) is 6.82. The summed E-state index contributed by atoms with van der Waals surface area (Å²) in [5.41, 5.74) is 6.09. The second kappa shape index (κ2) is 2.32. The first-order valence-electron chi connectivity index (χ1n) is 2.94. The van der Waals surface area contributed by atoms with Gasteiger partial charge in [0.1, 0.15) is 0 Å². The largest absolute Gasteiger partial charge is 0.375 e. The molecule has 2 N–H and O–H groups in total. The van der Waals surface area contributed by atoms with Gasteiger partial charge in [0.25, 0.3) is 0 Å². The van der Waals surface area contributed by atoms with Crippen LogP contribution in [-0.4, -0.2) is 9.97 Å². The maximum Gasteiger partial charge on any atom is 0.182 e. The fourth-order valence-corrected chi connectivity index (χ4v) is 1.77. The topological polar surface area (TPSA) is 51.8 Å². The molecule has 11 heavy (non-hydrogen) atoms. The Bertz CT molecular complexity index is 398. The van der Waals surface area contributed by atoms with Crippen LogP contribution in [0.2, 0.25) is 5.02 Å². The maximum atomic E-state index is 5.85. The minimum absolute atomic E-state index is 0.501. The van der Waals surface area contributed by atoms with Crippen LogP contribution in [0.3, 0.4) is 0 Å². The van der Waals surface area contributed by atoms with Crippen LogP contribution in [0.25, 0.3) is 10.3 Å². The van der Waals surface area contributed by atoms with Crippen molar-refractivity contribution in [3.63, 3.8) is 0 Å². The number of halogens is 1. The smallest absolute Gasteiger partial charge is 0.182 e. The molecule has 0 saturated heterocycles. The van der Waals surface area contributed by atoms with E-state index < -0.39 is 0 Å². The lowest BCUT2D eigenvalue weighted by Crippen LogP contribution is -1.80. The maximum absolute atomic E-state index is 5.85. The number of nitrogens with two attached hydrogens (primary N) is 1. The molecule has 3 nitrogen and oxygen atoms in total. The Morgan fingerprint density at radius 3 is 3.09 bits per heavy atom. The van der Waals surface area contributed by atoms with Crippen LogP contribution < -0.4 is 5.73 Å². The van der Waals surface area contributed by atoms with E-state index in [0.29, 0.717) is 15.8 Å². The Kier molecular flexibility index (Phi) is 1.44. The quantitative estimate of drug-likeness (QED) is 0.683. The Hall–Kier alpha value is -0.870. The van der Waals surface area contributed by atoms with E-state index >= 15 is 0 Å². The zero-order chi connectivity index (χ0) is 7.84. The summed E-state index contributed by atoms with van der Waals surface area (Å²) < 4.78 is 0.853. The number of hydrogen-bond acceptors (Lipinski definition) is 4. The first-order chi connectivity index (χ1) is 5.27. The summed E-state index contributed by atoms with van der Waals surface area (Å²) in [7, 11) is 0. The molecule has 0 aromatic carbocycles. The van der Waals surface area contributed by atoms with Gasteiger partial charge in [-0.2, -0.15) is 0 Å². The van der Waals surface area contributed by atoms with Crippen LogP contribution in [0.4, 0.5) is 5.13 Å². The van der Waals surface area contributed by atoms with Crippen molar-refractivity contribution in [1.29, 1.82) is 0 Å². The van der Waals surface area contributed by atoms with Gasteiger partial charge in [-0.15, -0.1) is 0 Å². The third-order valence-electron chi connectivity index (χ3n) is 1.26. The van der Waals surface area contributed by atoms with Gasteiger partial charge in [-0.1, -0.05) is 22.9 Å². The van der Waals surface area contributed by atoms with Crippen molar-refractivity contribution >= 4 is 38.4 Å². The molecule has 0 fully saturated rings. The molecule has 0 radical (unpaired) electrons. The number of rotatable bonds is 0. The Balaban J connectivity index is 2.90. The fourth-order valence-electron chi connectivity index (χ4n) is 0.820. The summed E-state index contributed by atoms with van der Waals surface area (Å²) in [4.78, 5) is 7.97. The van der Waals surface area contributed by atoms with Gasteiger partial charge >= 0.3 is 0 Å². The highest BCUT2D eigenvalue weighted by Gasteiger charge is 2.04. The summed E-state index contributed by atoms with van der Waals surface area (Å²) in [5, 5.41) is 1.16. The predicted octanol–water partition coefficient (Wildman–Crippen LogP) is 1.93. The van der Waals surface area contributed by atoms with E-state index in [1.807, 2.05) is 0 Å². The summed E-state index contributed by atoms with van der Waals surface area (Å²) in [6.45, 7) is 0. The van der Waals surface area contributed by atoms with Gasteiger partial charge in [0.2, 0.25) is 0 Å². The number of nitrogen functional groups attached to an aromatic ring is 1. The fraction of sp³-hybridized carbons (Fsp3) is 0. The number of anilines is 1. The molecule has 2 aromatic heterocycles. The molecule has 0 aliphatic carbocycles. The third kappa shape index (κ3) is 1.04. The predicted molar refractivity (Wildman–Crippen MR) is 46.8 cm³/mol. The van der Waals surface area contributed by atoms with E-state index in [-0.39, 0.29) is 0 Å².